The minimum atomic E-state index is -4.96. The van der Waals surface area contributed by atoms with Crippen LogP contribution in [0.3, 0.4) is 0 Å². The summed E-state index contributed by atoms with van der Waals surface area (Å²) >= 11 is 0.948. The molecular formula is C16H10F4N4O2S. The van der Waals surface area contributed by atoms with Gasteiger partial charge in [0.2, 0.25) is 0 Å². The van der Waals surface area contributed by atoms with Crippen LogP contribution in [-0.4, -0.2) is 22.2 Å². The van der Waals surface area contributed by atoms with Crippen molar-refractivity contribution in [3.8, 4) is 17.1 Å². The third kappa shape index (κ3) is 4.50. The first-order valence-electron chi connectivity index (χ1n) is 7.27. The number of rotatable bonds is 4. The van der Waals surface area contributed by atoms with E-state index < -0.39 is 29.4 Å². The van der Waals surface area contributed by atoms with Crippen LogP contribution in [0.4, 0.5) is 27.7 Å². The molecule has 0 fully saturated rings. The van der Waals surface area contributed by atoms with Crippen molar-refractivity contribution < 1.29 is 27.1 Å². The van der Waals surface area contributed by atoms with Crippen LogP contribution in [-0.2, 0) is 0 Å². The molecule has 3 rings (SSSR count). The highest BCUT2D eigenvalue weighted by Crippen LogP contribution is 2.32. The second-order valence-corrected chi connectivity index (χ2v) is 6.12. The first-order chi connectivity index (χ1) is 12.7. The van der Waals surface area contributed by atoms with Gasteiger partial charge in [-0.05, 0) is 24.3 Å². The molecule has 0 saturated carbocycles. The van der Waals surface area contributed by atoms with Crippen molar-refractivity contribution in [2.45, 2.75) is 6.36 Å². The molecule has 3 aromatic rings. The minimum absolute atomic E-state index is 0.0909. The summed E-state index contributed by atoms with van der Waals surface area (Å²) in [6.07, 6.45) is -3.41. The summed E-state index contributed by atoms with van der Waals surface area (Å²) in [7, 11) is 0. The Morgan fingerprint density at radius 1 is 1.22 bits per heavy atom. The van der Waals surface area contributed by atoms with Crippen LogP contribution in [0.15, 0.2) is 42.6 Å². The number of amides is 1. The van der Waals surface area contributed by atoms with Crippen molar-refractivity contribution in [2.75, 3.05) is 11.1 Å². The van der Waals surface area contributed by atoms with Crippen LogP contribution in [0, 0.1) is 5.82 Å². The number of nitrogen functional groups attached to an aromatic ring is 1. The van der Waals surface area contributed by atoms with Crippen molar-refractivity contribution >= 4 is 27.4 Å². The van der Waals surface area contributed by atoms with Gasteiger partial charge in [0.25, 0.3) is 5.91 Å². The summed E-state index contributed by atoms with van der Waals surface area (Å²) in [6.45, 7) is 0. The number of hydrogen-bond acceptors (Lipinski definition) is 6. The molecule has 0 bridgehead atoms. The largest absolute Gasteiger partial charge is 0.573 e. The lowest BCUT2D eigenvalue weighted by atomic mass is 10.2. The van der Waals surface area contributed by atoms with E-state index in [1.165, 1.54) is 0 Å². The molecular weight excluding hydrogens is 388 g/mol. The second kappa shape index (κ2) is 7.19. The lowest BCUT2D eigenvalue weighted by molar-refractivity contribution is -0.274. The van der Waals surface area contributed by atoms with E-state index in [0.29, 0.717) is 22.5 Å². The Hall–Kier alpha value is -3.21. The third-order valence-corrected chi connectivity index (χ3v) is 4.00. The zero-order valence-corrected chi connectivity index (χ0v) is 14.1. The van der Waals surface area contributed by atoms with Crippen molar-refractivity contribution in [2.24, 2.45) is 0 Å². The van der Waals surface area contributed by atoms with E-state index in [1.54, 1.807) is 24.4 Å². The Labute approximate surface area is 153 Å². The smallest absolute Gasteiger partial charge is 0.406 e. The maximum atomic E-state index is 14.0. The number of hydrogen-bond donors (Lipinski definition) is 2. The van der Waals surface area contributed by atoms with Crippen molar-refractivity contribution in [3.05, 3.63) is 54.0 Å². The molecule has 0 aliphatic carbocycles. The van der Waals surface area contributed by atoms with Gasteiger partial charge in [-0.3, -0.25) is 15.1 Å². The van der Waals surface area contributed by atoms with Crippen LogP contribution in [0.25, 0.3) is 11.4 Å². The van der Waals surface area contributed by atoms with E-state index >= 15 is 0 Å². The molecule has 3 N–H and O–H groups in total. The van der Waals surface area contributed by atoms with Gasteiger partial charge >= 0.3 is 6.36 Å². The lowest BCUT2D eigenvalue weighted by Gasteiger charge is -2.10. The standard InChI is InChI=1S/C16H10F4N4O2S/c17-10-7-8(26-16(18,19)20)4-5-9(10)14(25)24-15-23-12(13(21)27-15)11-3-1-2-6-22-11/h1-7H,21H2,(H,23,24,25). The predicted octanol–water partition coefficient (Wildman–Crippen LogP) is 4.08. The van der Waals surface area contributed by atoms with Gasteiger partial charge in [0.05, 0.1) is 11.3 Å². The summed E-state index contributed by atoms with van der Waals surface area (Å²) in [5.74, 6) is -2.84. The maximum absolute atomic E-state index is 14.0. The number of carbonyl (C=O) groups is 1. The van der Waals surface area contributed by atoms with Crippen molar-refractivity contribution in [1.29, 1.82) is 0 Å². The van der Waals surface area contributed by atoms with Gasteiger partial charge in [0.1, 0.15) is 22.3 Å². The Bertz CT molecular complexity index is 976. The number of nitrogens with one attached hydrogen (secondary N) is 1. The van der Waals surface area contributed by atoms with Crippen LogP contribution in [0.2, 0.25) is 0 Å². The Kier molecular flexibility index (Phi) is 4.95. The molecule has 1 aromatic carbocycles. The van der Waals surface area contributed by atoms with Gasteiger partial charge < -0.3 is 10.5 Å². The number of halogens is 4. The number of pyridine rings is 1. The molecule has 2 aromatic heterocycles. The molecule has 11 heteroatoms. The first-order valence-corrected chi connectivity index (χ1v) is 8.09. The second-order valence-electron chi connectivity index (χ2n) is 5.09. The van der Waals surface area contributed by atoms with Gasteiger partial charge in [-0.2, -0.15) is 0 Å². The van der Waals surface area contributed by atoms with E-state index in [4.69, 9.17) is 5.73 Å². The summed E-state index contributed by atoms with van der Waals surface area (Å²) in [5.41, 5.74) is 6.23. The normalized spacial score (nSPS) is 11.3. The fourth-order valence-corrected chi connectivity index (χ4v) is 2.85. The van der Waals surface area contributed by atoms with Crippen LogP contribution in [0.5, 0.6) is 5.75 Å². The molecule has 140 valence electrons. The number of carbonyl (C=O) groups excluding carboxylic acids is 1. The predicted molar refractivity (Wildman–Crippen MR) is 90.8 cm³/mol. The number of aromatic nitrogens is 2. The molecule has 0 saturated heterocycles. The van der Waals surface area contributed by atoms with Gasteiger partial charge in [-0.15, -0.1) is 13.2 Å². The summed E-state index contributed by atoms with van der Waals surface area (Å²) in [5, 5.41) is 2.74. The molecule has 27 heavy (non-hydrogen) atoms. The van der Waals surface area contributed by atoms with E-state index in [2.05, 4.69) is 20.0 Å². The summed E-state index contributed by atoms with van der Waals surface area (Å²) in [6, 6.07) is 7.31. The number of ether oxygens (including phenoxy) is 1. The Balaban J connectivity index is 1.78. The fourth-order valence-electron chi connectivity index (χ4n) is 2.11. The lowest BCUT2D eigenvalue weighted by Crippen LogP contribution is -2.18. The Morgan fingerprint density at radius 3 is 2.63 bits per heavy atom. The number of alkyl halides is 3. The monoisotopic (exact) mass is 398 g/mol. The number of benzene rings is 1. The molecule has 0 radical (unpaired) electrons. The third-order valence-electron chi connectivity index (χ3n) is 3.20. The molecule has 0 aliphatic heterocycles. The molecule has 0 spiro atoms. The van der Waals surface area contributed by atoms with Gasteiger partial charge in [0.15, 0.2) is 5.13 Å². The van der Waals surface area contributed by atoms with Gasteiger partial charge in [0, 0.05) is 12.3 Å². The molecule has 0 unspecified atom stereocenters. The average molecular weight is 398 g/mol. The van der Waals surface area contributed by atoms with Gasteiger partial charge in [-0.1, -0.05) is 17.4 Å². The average Bonchev–Trinajstić information content (AvgIpc) is 2.94. The van der Waals surface area contributed by atoms with E-state index in [0.717, 1.165) is 23.5 Å². The highest BCUT2D eigenvalue weighted by molar-refractivity contribution is 7.20. The number of anilines is 2. The quantitative estimate of drug-likeness (QED) is 0.647. The Morgan fingerprint density at radius 2 is 2.00 bits per heavy atom. The van der Waals surface area contributed by atoms with Crippen LogP contribution < -0.4 is 15.8 Å². The minimum Gasteiger partial charge on any atom is -0.406 e. The van der Waals surface area contributed by atoms with Gasteiger partial charge in [-0.25, -0.2) is 9.37 Å². The zero-order valence-electron chi connectivity index (χ0n) is 13.2. The van der Waals surface area contributed by atoms with E-state index in [9.17, 15) is 22.4 Å². The summed E-state index contributed by atoms with van der Waals surface area (Å²) in [4.78, 5) is 20.4. The fraction of sp³-hybridized carbons (Fsp3) is 0.0625. The molecule has 0 atom stereocenters. The highest BCUT2D eigenvalue weighted by Gasteiger charge is 2.31. The topological polar surface area (TPSA) is 90.1 Å². The van der Waals surface area contributed by atoms with Crippen molar-refractivity contribution in [3.63, 3.8) is 0 Å². The zero-order chi connectivity index (χ0) is 19.6. The first kappa shape index (κ1) is 18.6. The van der Waals surface area contributed by atoms with E-state index in [1.807, 2.05) is 0 Å². The number of nitrogens with zero attached hydrogens (tertiary/aromatic N) is 2. The number of nitrogens with two attached hydrogens (primary N) is 1. The van der Waals surface area contributed by atoms with Crippen LogP contribution in [0.1, 0.15) is 10.4 Å². The van der Waals surface area contributed by atoms with Crippen LogP contribution >= 0.6 is 11.3 Å². The van der Waals surface area contributed by atoms with Crippen molar-refractivity contribution in [1.82, 2.24) is 9.97 Å². The highest BCUT2D eigenvalue weighted by atomic mass is 32.1. The molecule has 1 amide bonds. The molecule has 6 nitrogen and oxygen atoms in total. The summed E-state index contributed by atoms with van der Waals surface area (Å²) < 4.78 is 54.0. The van der Waals surface area contributed by atoms with E-state index in [-0.39, 0.29) is 5.13 Å². The number of thiazole rings is 1. The molecule has 0 aliphatic rings. The maximum Gasteiger partial charge on any atom is 0.573 e. The molecule has 2 heterocycles. The SMILES string of the molecule is Nc1sc(NC(=O)c2ccc(OC(F)(F)F)cc2F)nc1-c1ccccn1.